The van der Waals surface area contributed by atoms with Crippen LogP contribution in [-0.4, -0.2) is 42.5 Å². The third-order valence-electron chi connectivity index (χ3n) is 3.24. The Morgan fingerprint density at radius 2 is 2.21 bits per heavy atom. The number of nitrogens with two attached hydrogens (primary N) is 1. The van der Waals surface area contributed by atoms with E-state index in [1.165, 1.54) is 7.11 Å². The van der Waals surface area contributed by atoms with Crippen molar-refractivity contribution >= 4 is 5.91 Å². The van der Waals surface area contributed by atoms with E-state index in [0.29, 0.717) is 23.8 Å². The molecule has 1 rings (SSSR count). The van der Waals surface area contributed by atoms with Crippen LogP contribution >= 0.6 is 0 Å². The Labute approximate surface area is 114 Å². The molecular formula is C14H23N3O2. The highest BCUT2D eigenvalue weighted by Gasteiger charge is 2.17. The Balaban J connectivity index is 2.66. The molecule has 0 spiro atoms. The second-order valence-corrected chi connectivity index (χ2v) is 5.00. The second-order valence-electron chi connectivity index (χ2n) is 5.00. The number of amides is 1. The maximum absolute atomic E-state index is 12.3. The SMILES string of the molecule is COc1cnccc1C(=O)N(C)CCC(N)C(C)C. The van der Waals surface area contributed by atoms with E-state index >= 15 is 0 Å². The molecule has 106 valence electrons. The molecule has 0 aliphatic heterocycles. The highest BCUT2D eigenvalue weighted by molar-refractivity contribution is 5.96. The number of carbonyl (C=O) groups is 1. The van der Waals surface area contributed by atoms with Crippen LogP contribution in [-0.2, 0) is 0 Å². The molecule has 1 heterocycles. The molecule has 0 aliphatic rings. The summed E-state index contributed by atoms with van der Waals surface area (Å²) in [5.74, 6) is 0.835. The van der Waals surface area contributed by atoms with Gasteiger partial charge in [0.05, 0.1) is 18.9 Å². The fourth-order valence-electron chi connectivity index (χ4n) is 1.70. The van der Waals surface area contributed by atoms with Gasteiger partial charge in [0.2, 0.25) is 0 Å². The van der Waals surface area contributed by atoms with Gasteiger partial charge < -0.3 is 15.4 Å². The first-order chi connectivity index (χ1) is 8.97. The molecule has 1 amide bonds. The van der Waals surface area contributed by atoms with Crippen LogP contribution in [0.1, 0.15) is 30.6 Å². The quantitative estimate of drug-likeness (QED) is 0.847. The molecule has 1 aromatic heterocycles. The molecule has 1 unspecified atom stereocenters. The van der Waals surface area contributed by atoms with Crippen LogP contribution in [0.25, 0.3) is 0 Å². The van der Waals surface area contributed by atoms with Gasteiger partial charge in [0, 0.05) is 25.8 Å². The average Bonchev–Trinajstić information content (AvgIpc) is 2.43. The summed E-state index contributed by atoms with van der Waals surface area (Å²) in [6.45, 7) is 4.79. The van der Waals surface area contributed by atoms with Crippen molar-refractivity contribution in [2.45, 2.75) is 26.3 Å². The van der Waals surface area contributed by atoms with Crippen LogP contribution in [0.2, 0.25) is 0 Å². The first kappa shape index (κ1) is 15.4. The van der Waals surface area contributed by atoms with Gasteiger partial charge in [-0.1, -0.05) is 13.8 Å². The summed E-state index contributed by atoms with van der Waals surface area (Å²) < 4.78 is 5.15. The van der Waals surface area contributed by atoms with E-state index in [-0.39, 0.29) is 11.9 Å². The Bertz CT molecular complexity index is 421. The largest absolute Gasteiger partial charge is 0.494 e. The lowest BCUT2D eigenvalue weighted by Crippen LogP contribution is -2.34. The molecule has 0 radical (unpaired) electrons. The van der Waals surface area contributed by atoms with Gasteiger partial charge in [-0.15, -0.1) is 0 Å². The normalized spacial score (nSPS) is 12.3. The summed E-state index contributed by atoms with van der Waals surface area (Å²) in [4.78, 5) is 17.9. The third-order valence-corrected chi connectivity index (χ3v) is 3.24. The van der Waals surface area contributed by atoms with Gasteiger partial charge in [-0.2, -0.15) is 0 Å². The minimum absolute atomic E-state index is 0.0739. The molecular weight excluding hydrogens is 242 g/mol. The van der Waals surface area contributed by atoms with Gasteiger partial charge in [0.15, 0.2) is 0 Å². The smallest absolute Gasteiger partial charge is 0.257 e. The van der Waals surface area contributed by atoms with E-state index in [1.807, 2.05) is 0 Å². The molecule has 19 heavy (non-hydrogen) atoms. The summed E-state index contributed by atoms with van der Waals surface area (Å²) in [6, 6.07) is 1.77. The summed E-state index contributed by atoms with van der Waals surface area (Å²) in [7, 11) is 3.30. The monoisotopic (exact) mass is 265 g/mol. The topological polar surface area (TPSA) is 68.5 Å². The number of rotatable bonds is 6. The van der Waals surface area contributed by atoms with Crippen molar-refractivity contribution < 1.29 is 9.53 Å². The fraction of sp³-hybridized carbons (Fsp3) is 0.571. The lowest BCUT2D eigenvalue weighted by molar-refractivity contribution is 0.0785. The van der Waals surface area contributed by atoms with E-state index in [2.05, 4.69) is 18.8 Å². The molecule has 5 heteroatoms. The lowest BCUT2D eigenvalue weighted by atomic mass is 10.0. The Hall–Kier alpha value is -1.62. The first-order valence-electron chi connectivity index (χ1n) is 6.46. The number of hydrogen-bond acceptors (Lipinski definition) is 4. The summed E-state index contributed by atoms with van der Waals surface area (Å²) >= 11 is 0. The molecule has 5 nitrogen and oxygen atoms in total. The van der Waals surface area contributed by atoms with Crippen LogP contribution in [0.4, 0.5) is 0 Å². The van der Waals surface area contributed by atoms with Crippen molar-refractivity contribution in [1.82, 2.24) is 9.88 Å². The summed E-state index contributed by atoms with van der Waals surface area (Å²) in [5, 5.41) is 0. The maximum Gasteiger partial charge on any atom is 0.257 e. The van der Waals surface area contributed by atoms with Crippen molar-refractivity contribution in [3.05, 3.63) is 24.0 Å². The number of aromatic nitrogens is 1. The lowest BCUT2D eigenvalue weighted by Gasteiger charge is -2.22. The minimum Gasteiger partial charge on any atom is -0.494 e. The molecule has 2 N–H and O–H groups in total. The number of ether oxygens (including phenoxy) is 1. The predicted octanol–water partition coefficient (Wildman–Crippen LogP) is 1.54. The number of hydrogen-bond donors (Lipinski definition) is 1. The number of carbonyl (C=O) groups excluding carboxylic acids is 1. The zero-order valence-corrected chi connectivity index (χ0v) is 12.1. The first-order valence-corrected chi connectivity index (χ1v) is 6.46. The van der Waals surface area contributed by atoms with Crippen molar-refractivity contribution in [3.8, 4) is 5.75 Å². The highest BCUT2D eigenvalue weighted by atomic mass is 16.5. The predicted molar refractivity (Wildman–Crippen MR) is 75.2 cm³/mol. The van der Waals surface area contributed by atoms with E-state index in [1.54, 1.807) is 30.4 Å². The minimum atomic E-state index is -0.0739. The van der Waals surface area contributed by atoms with Crippen molar-refractivity contribution in [3.63, 3.8) is 0 Å². The van der Waals surface area contributed by atoms with Gasteiger partial charge in [-0.05, 0) is 18.4 Å². The second kappa shape index (κ2) is 7.09. The average molecular weight is 265 g/mol. The number of pyridine rings is 1. The summed E-state index contributed by atoms with van der Waals surface area (Å²) in [5.41, 5.74) is 6.51. The van der Waals surface area contributed by atoms with Crippen LogP contribution in [0, 0.1) is 5.92 Å². The highest BCUT2D eigenvalue weighted by Crippen LogP contribution is 2.17. The Kier molecular flexibility index (Phi) is 5.76. The molecule has 0 saturated carbocycles. The Morgan fingerprint density at radius 1 is 1.53 bits per heavy atom. The molecule has 0 bridgehead atoms. The van der Waals surface area contributed by atoms with Gasteiger partial charge >= 0.3 is 0 Å². The number of nitrogens with zero attached hydrogens (tertiary/aromatic N) is 2. The van der Waals surface area contributed by atoms with Gasteiger partial charge in [0.25, 0.3) is 5.91 Å². The Morgan fingerprint density at radius 3 is 2.79 bits per heavy atom. The van der Waals surface area contributed by atoms with E-state index in [0.717, 1.165) is 6.42 Å². The molecule has 0 aromatic carbocycles. The van der Waals surface area contributed by atoms with Gasteiger partial charge in [-0.3, -0.25) is 9.78 Å². The van der Waals surface area contributed by atoms with Crippen molar-refractivity contribution in [1.29, 1.82) is 0 Å². The van der Waals surface area contributed by atoms with E-state index < -0.39 is 0 Å². The molecule has 1 atom stereocenters. The zero-order valence-electron chi connectivity index (χ0n) is 12.1. The van der Waals surface area contributed by atoms with Gasteiger partial charge in [0.1, 0.15) is 5.75 Å². The van der Waals surface area contributed by atoms with Crippen LogP contribution < -0.4 is 10.5 Å². The van der Waals surface area contributed by atoms with Crippen molar-refractivity contribution in [2.24, 2.45) is 11.7 Å². The van der Waals surface area contributed by atoms with Crippen LogP contribution in [0.15, 0.2) is 18.5 Å². The maximum atomic E-state index is 12.3. The molecule has 1 aromatic rings. The zero-order chi connectivity index (χ0) is 14.4. The van der Waals surface area contributed by atoms with Crippen LogP contribution in [0.3, 0.4) is 0 Å². The molecule has 0 saturated heterocycles. The molecule has 0 aliphatic carbocycles. The standard InChI is InChI=1S/C14H23N3O2/c1-10(2)12(15)6-8-17(3)14(18)11-5-7-16-9-13(11)19-4/h5,7,9-10,12H,6,8,15H2,1-4H3. The van der Waals surface area contributed by atoms with Crippen LogP contribution in [0.5, 0.6) is 5.75 Å². The third kappa shape index (κ3) is 4.21. The van der Waals surface area contributed by atoms with Gasteiger partial charge in [-0.25, -0.2) is 0 Å². The van der Waals surface area contributed by atoms with E-state index in [4.69, 9.17) is 10.5 Å². The summed E-state index contributed by atoms with van der Waals surface area (Å²) in [6.07, 6.45) is 3.91. The fourth-order valence-corrected chi connectivity index (χ4v) is 1.70. The van der Waals surface area contributed by atoms with Crippen molar-refractivity contribution in [2.75, 3.05) is 20.7 Å². The molecule has 0 fully saturated rings. The number of methoxy groups -OCH3 is 1. The van der Waals surface area contributed by atoms with E-state index in [9.17, 15) is 4.79 Å².